The first kappa shape index (κ1) is 25.3. The van der Waals surface area contributed by atoms with Crippen LogP contribution in [0.1, 0.15) is 32.1 Å². The lowest BCUT2D eigenvalue weighted by molar-refractivity contribution is -0.136. The van der Waals surface area contributed by atoms with E-state index in [1.54, 1.807) is 17.0 Å². The first-order valence-electron chi connectivity index (χ1n) is 10.8. The summed E-state index contributed by atoms with van der Waals surface area (Å²) in [4.78, 5) is 31.6. The van der Waals surface area contributed by atoms with Crippen molar-refractivity contribution in [2.75, 3.05) is 19.6 Å². The molecule has 1 fully saturated rings. The molecule has 4 rings (SSSR count). The van der Waals surface area contributed by atoms with Crippen molar-refractivity contribution in [1.29, 1.82) is 0 Å². The van der Waals surface area contributed by atoms with Gasteiger partial charge in [0.25, 0.3) is 5.56 Å². The highest BCUT2D eigenvalue weighted by atomic mass is 35.5. The van der Waals surface area contributed by atoms with Crippen LogP contribution in [0.3, 0.4) is 0 Å². The lowest BCUT2D eigenvalue weighted by Crippen LogP contribution is -2.49. The van der Waals surface area contributed by atoms with Crippen molar-refractivity contribution < 1.29 is 14.3 Å². The van der Waals surface area contributed by atoms with Gasteiger partial charge in [-0.05, 0) is 49.9 Å². The number of benzene rings is 1. The number of carbonyl (C=O) groups excluding carboxylic acids is 1. The molecule has 7 nitrogen and oxygen atoms in total. The van der Waals surface area contributed by atoms with Crippen LogP contribution in [0.5, 0.6) is 0 Å². The van der Waals surface area contributed by atoms with Gasteiger partial charge in [-0.15, -0.1) is 23.7 Å². The molecule has 3 heterocycles. The molecule has 10 heteroatoms. The molecule has 0 saturated carbocycles. The summed E-state index contributed by atoms with van der Waals surface area (Å²) in [6.45, 7) is 1.65. The van der Waals surface area contributed by atoms with E-state index in [1.165, 1.54) is 34.4 Å². The van der Waals surface area contributed by atoms with E-state index in [9.17, 15) is 19.1 Å². The fourth-order valence-electron chi connectivity index (χ4n) is 4.12. The second-order valence-electron chi connectivity index (χ2n) is 8.36. The van der Waals surface area contributed by atoms with E-state index in [2.05, 4.69) is 4.98 Å². The number of aliphatic hydroxyl groups is 1. The van der Waals surface area contributed by atoms with Crippen molar-refractivity contribution in [3.05, 3.63) is 52.1 Å². The van der Waals surface area contributed by atoms with Gasteiger partial charge in [-0.2, -0.15) is 0 Å². The standard InChI is InChI=1S/C23H27FN4O3S.ClH/c24-17-6-4-16(5-7-17)18-13-32-21-20(18)26-15-28(22(21)30)14-23(31)8-11-27(12-9-23)19(29)3-1-2-10-25;/h4-7,13,15,31H,1-3,8-12,14,25H2;1H. The number of nitrogens with two attached hydrogens (primary N) is 1. The molecule has 2 aromatic heterocycles. The van der Waals surface area contributed by atoms with Crippen LogP contribution in [0, 0.1) is 5.82 Å². The number of unbranched alkanes of at least 4 members (excludes halogenated alkanes) is 1. The fraction of sp³-hybridized carbons (Fsp3) is 0.435. The first-order chi connectivity index (χ1) is 15.4. The Bertz CT molecular complexity index is 1160. The van der Waals surface area contributed by atoms with Gasteiger partial charge in [0.15, 0.2) is 0 Å². The SMILES string of the molecule is Cl.NCCCCC(=O)N1CCC(O)(Cn2cnc3c(-c4ccc(F)cc4)csc3c2=O)CC1. The van der Waals surface area contributed by atoms with E-state index >= 15 is 0 Å². The largest absolute Gasteiger partial charge is 0.388 e. The highest BCUT2D eigenvalue weighted by Crippen LogP contribution is 2.31. The van der Waals surface area contributed by atoms with E-state index in [1.807, 2.05) is 5.38 Å². The maximum absolute atomic E-state index is 13.2. The molecule has 1 aliphatic heterocycles. The van der Waals surface area contributed by atoms with E-state index in [0.29, 0.717) is 49.1 Å². The lowest BCUT2D eigenvalue weighted by atomic mass is 9.91. The van der Waals surface area contributed by atoms with Crippen molar-refractivity contribution in [3.8, 4) is 11.1 Å². The number of carbonyl (C=O) groups is 1. The van der Waals surface area contributed by atoms with Gasteiger partial charge >= 0.3 is 0 Å². The van der Waals surface area contributed by atoms with E-state index < -0.39 is 5.60 Å². The van der Waals surface area contributed by atoms with Gasteiger partial charge in [0.1, 0.15) is 10.5 Å². The van der Waals surface area contributed by atoms with Crippen molar-refractivity contribution in [2.24, 2.45) is 5.73 Å². The third-order valence-corrected chi connectivity index (χ3v) is 7.01. The molecule has 0 bridgehead atoms. The number of rotatable bonds is 7. The molecule has 178 valence electrons. The summed E-state index contributed by atoms with van der Waals surface area (Å²) in [5, 5.41) is 12.9. The van der Waals surface area contributed by atoms with Crippen LogP contribution >= 0.6 is 23.7 Å². The molecule has 0 atom stereocenters. The summed E-state index contributed by atoms with van der Waals surface area (Å²) in [6.07, 6.45) is 4.36. The number of amides is 1. The van der Waals surface area contributed by atoms with Crippen molar-refractivity contribution in [1.82, 2.24) is 14.5 Å². The number of hydrogen-bond acceptors (Lipinski definition) is 6. The number of likely N-dealkylation sites (tertiary alicyclic amines) is 1. The zero-order chi connectivity index (χ0) is 22.7. The van der Waals surface area contributed by atoms with Crippen LogP contribution in [0.2, 0.25) is 0 Å². The molecule has 0 unspecified atom stereocenters. The van der Waals surface area contributed by atoms with Crippen molar-refractivity contribution >= 4 is 39.9 Å². The number of fused-ring (bicyclic) bond motifs is 1. The summed E-state index contributed by atoms with van der Waals surface area (Å²) in [5.74, 6) is -0.229. The normalized spacial score (nSPS) is 15.4. The zero-order valence-corrected chi connectivity index (χ0v) is 19.8. The monoisotopic (exact) mass is 494 g/mol. The summed E-state index contributed by atoms with van der Waals surface area (Å²) in [7, 11) is 0. The third kappa shape index (κ3) is 5.60. The minimum Gasteiger partial charge on any atom is -0.388 e. The third-order valence-electron chi connectivity index (χ3n) is 6.06. The summed E-state index contributed by atoms with van der Waals surface area (Å²) in [5.41, 5.74) is 6.37. The Morgan fingerprint density at radius 1 is 1.21 bits per heavy atom. The van der Waals surface area contributed by atoms with Crippen LogP contribution in [-0.2, 0) is 11.3 Å². The smallest absolute Gasteiger partial charge is 0.271 e. The highest BCUT2D eigenvalue weighted by molar-refractivity contribution is 7.17. The van der Waals surface area contributed by atoms with Gasteiger partial charge in [-0.25, -0.2) is 9.37 Å². The van der Waals surface area contributed by atoms with Gasteiger partial charge in [0, 0.05) is 30.5 Å². The van der Waals surface area contributed by atoms with E-state index in [4.69, 9.17) is 5.73 Å². The molecular weight excluding hydrogens is 467 g/mol. The van der Waals surface area contributed by atoms with Crippen LogP contribution < -0.4 is 11.3 Å². The predicted octanol–water partition coefficient (Wildman–Crippen LogP) is 3.17. The Morgan fingerprint density at radius 2 is 1.91 bits per heavy atom. The molecule has 1 aliphatic rings. The zero-order valence-electron chi connectivity index (χ0n) is 18.2. The van der Waals surface area contributed by atoms with Crippen LogP contribution in [0.4, 0.5) is 4.39 Å². The van der Waals surface area contributed by atoms with E-state index in [-0.39, 0.29) is 36.2 Å². The van der Waals surface area contributed by atoms with Crippen molar-refractivity contribution in [2.45, 2.75) is 44.2 Å². The highest BCUT2D eigenvalue weighted by Gasteiger charge is 2.34. The molecule has 3 N–H and O–H groups in total. The van der Waals surface area contributed by atoms with Crippen molar-refractivity contribution in [3.63, 3.8) is 0 Å². The fourth-order valence-corrected chi connectivity index (χ4v) is 5.09. The Labute approximate surface area is 201 Å². The first-order valence-corrected chi connectivity index (χ1v) is 11.7. The van der Waals surface area contributed by atoms with Gasteiger partial charge in [0.2, 0.25) is 5.91 Å². The molecule has 33 heavy (non-hydrogen) atoms. The second kappa shape index (κ2) is 10.7. The number of piperidine rings is 1. The average molecular weight is 495 g/mol. The molecule has 1 amide bonds. The Balaban J connectivity index is 0.00000306. The van der Waals surface area contributed by atoms with E-state index in [0.717, 1.165) is 24.0 Å². The summed E-state index contributed by atoms with van der Waals surface area (Å²) < 4.78 is 15.2. The number of nitrogens with zero attached hydrogens (tertiary/aromatic N) is 3. The number of halogens is 2. The van der Waals surface area contributed by atoms with Gasteiger partial charge in [-0.1, -0.05) is 12.1 Å². The molecule has 0 spiro atoms. The number of aromatic nitrogens is 2. The minimum absolute atomic E-state index is 0. The second-order valence-corrected chi connectivity index (χ2v) is 9.24. The van der Waals surface area contributed by atoms with Gasteiger partial charge in [0.05, 0.1) is 24.0 Å². The maximum Gasteiger partial charge on any atom is 0.271 e. The molecule has 1 aromatic carbocycles. The van der Waals surface area contributed by atoms with Crippen LogP contribution in [0.15, 0.2) is 40.8 Å². The molecule has 1 saturated heterocycles. The predicted molar refractivity (Wildman–Crippen MR) is 130 cm³/mol. The maximum atomic E-state index is 13.2. The molecule has 0 aliphatic carbocycles. The molecular formula is C23H28ClFN4O3S. The number of thiophene rings is 1. The van der Waals surface area contributed by atoms with Crippen LogP contribution in [0.25, 0.3) is 21.3 Å². The lowest BCUT2D eigenvalue weighted by Gasteiger charge is -2.38. The topological polar surface area (TPSA) is 101 Å². The quantitative estimate of drug-likeness (QED) is 0.491. The molecule has 3 aromatic rings. The van der Waals surface area contributed by atoms with Gasteiger partial charge < -0.3 is 15.7 Å². The van der Waals surface area contributed by atoms with Crippen LogP contribution in [-0.4, -0.2) is 50.7 Å². The minimum atomic E-state index is -1.07. The average Bonchev–Trinajstić information content (AvgIpc) is 3.22. The Hall–Kier alpha value is -2.33. The summed E-state index contributed by atoms with van der Waals surface area (Å²) in [6, 6.07) is 6.09. The molecule has 0 radical (unpaired) electrons. The van der Waals surface area contributed by atoms with Gasteiger partial charge in [-0.3, -0.25) is 14.2 Å². The summed E-state index contributed by atoms with van der Waals surface area (Å²) >= 11 is 1.30. The Kier molecular flexibility index (Phi) is 8.23. The Morgan fingerprint density at radius 3 is 2.58 bits per heavy atom. The number of hydrogen-bond donors (Lipinski definition) is 2.